The number of aryl methyl sites for hydroxylation is 1. The van der Waals surface area contributed by atoms with E-state index in [1.165, 1.54) is 6.07 Å². The van der Waals surface area contributed by atoms with Crippen LogP contribution in [0.3, 0.4) is 0 Å². The fourth-order valence-electron chi connectivity index (χ4n) is 2.17. The van der Waals surface area contributed by atoms with Crippen LogP contribution in [0.4, 0.5) is 4.39 Å². The van der Waals surface area contributed by atoms with Gasteiger partial charge < -0.3 is 9.73 Å². The second-order valence-corrected chi connectivity index (χ2v) is 5.07. The van der Waals surface area contributed by atoms with Crippen molar-refractivity contribution in [2.75, 3.05) is 0 Å². The molecular weight excluding hydrogens is 281 g/mol. The average molecular weight is 297 g/mol. The van der Waals surface area contributed by atoms with Gasteiger partial charge in [0.05, 0.1) is 6.54 Å². The zero-order chi connectivity index (χ0) is 15.4. The number of rotatable bonds is 5. The Morgan fingerprint density at radius 2 is 1.91 bits per heavy atom. The van der Waals surface area contributed by atoms with E-state index in [2.05, 4.69) is 15.5 Å². The molecule has 0 amide bonds. The van der Waals surface area contributed by atoms with E-state index in [1.54, 1.807) is 12.1 Å². The number of hydrogen-bond donors (Lipinski definition) is 1. The lowest BCUT2D eigenvalue weighted by molar-refractivity contribution is 0.474. The quantitative estimate of drug-likeness (QED) is 0.783. The lowest BCUT2D eigenvalue weighted by Crippen LogP contribution is -2.13. The van der Waals surface area contributed by atoms with E-state index in [0.717, 1.165) is 11.1 Å². The maximum atomic E-state index is 13.5. The van der Waals surface area contributed by atoms with Crippen LogP contribution in [0.2, 0.25) is 0 Å². The van der Waals surface area contributed by atoms with Gasteiger partial charge in [0.25, 0.3) is 0 Å². The number of halogens is 1. The first kappa shape index (κ1) is 14.4. The number of benzene rings is 2. The second-order valence-electron chi connectivity index (χ2n) is 5.07. The lowest BCUT2D eigenvalue weighted by atomic mass is 10.1. The molecule has 0 radical (unpaired) electrons. The van der Waals surface area contributed by atoms with E-state index >= 15 is 0 Å². The summed E-state index contributed by atoms with van der Waals surface area (Å²) < 4.78 is 19.1. The Morgan fingerprint density at radius 1 is 1.05 bits per heavy atom. The minimum Gasteiger partial charge on any atom is -0.419 e. The highest BCUT2D eigenvalue weighted by Gasteiger charge is 2.08. The van der Waals surface area contributed by atoms with Gasteiger partial charge in [-0.05, 0) is 25.1 Å². The van der Waals surface area contributed by atoms with Crippen LogP contribution in [0, 0.1) is 12.7 Å². The Bertz CT molecular complexity index is 770. The summed E-state index contributed by atoms with van der Waals surface area (Å²) in [5, 5.41) is 11.1. The molecule has 0 unspecified atom stereocenters. The molecule has 0 bridgehead atoms. The Kier molecular flexibility index (Phi) is 4.25. The minimum absolute atomic E-state index is 0.221. The van der Waals surface area contributed by atoms with Crippen molar-refractivity contribution in [3.63, 3.8) is 0 Å². The van der Waals surface area contributed by atoms with Crippen LogP contribution in [-0.4, -0.2) is 10.2 Å². The first-order valence-corrected chi connectivity index (χ1v) is 7.06. The molecule has 0 spiro atoms. The van der Waals surface area contributed by atoms with Crippen LogP contribution in [0.15, 0.2) is 52.9 Å². The molecule has 112 valence electrons. The SMILES string of the molecule is Cc1cccc(-c2nnc(CNCc3ccccc3F)o2)c1. The third-order valence-electron chi connectivity index (χ3n) is 3.28. The van der Waals surface area contributed by atoms with E-state index in [1.807, 2.05) is 37.3 Å². The lowest BCUT2D eigenvalue weighted by Gasteiger charge is -2.03. The van der Waals surface area contributed by atoms with Crippen LogP contribution in [-0.2, 0) is 13.1 Å². The molecule has 1 heterocycles. The molecule has 0 aliphatic carbocycles. The van der Waals surface area contributed by atoms with Gasteiger partial charge >= 0.3 is 0 Å². The highest BCUT2D eigenvalue weighted by molar-refractivity contribution is 5.53. The molecule has 1 N–H and O–H groups in total. The minimum atomic E-state index is -0.221. The Balaban J connectivity index is 1.62. The molecule has 4 nitrogen and oxygen atoms in total. The normalized spacial score (nSPS) is 10.8. The third kappa shape index (κ3) is 3.38. The molecule has 0 saturated carbocycles. The molecule has 0 atom stereocenters. The molecule has 22 heavy (non-hydrogen) atoms. The Labute approximate surface area is 128 Å². The van der Waals surface area contributed by atoms with Crippen LogP contribution < -0.4 is 5.32 Å². The fraction of sp³-hybridized carbons (Fsp3) is 0.176. The average Bonchev–Trinajstić information content (AvgIpc) is 2.98. The summed E-state index contributed by atoms with van der Waals surface area (Å²) in [6.07, 6.45) is 0. The summed E-state index contributed by atoms with van der Waals surface area (Å²) in [6, 6.07) is 14.5. The van der Waals surface area contributed by atoms with Crippen molar-refractivity contribution in [1.29, 1.82) is 0 Å². The van der Waals surface area contributed by atoms with Crippen LogP contribution >= 0.6 is 0 Å². The van der Waals surface area contributed by atoms with Gasteiger partial charge in [-0.3, -0.25) is 0 Å². The molecule has 5 heteroatoms. The zero-order valence-electron chi connectivity index (χ0n) is 12.2. The van der Waals surface area contributed by atoms with Crippen molar-refractivity contribution >= 4 is 0 Å². The van der Waals surface area contributed by atoms with Gasteiger partial charge in [0, 0.05) is 17.7 Å². The predicted molar refractivity (Wildman–Crippen MR) is 81.4 cm³/mol. The highest BCUT2D eigenvalue weighted by Crippen LogP contribution is 2.18. The molecule has 3 aromatic rings. The fourth-order valence-corrected chi connectivity index (χ4v) is 2.17. The Morgan fingerprint density at radius 3 is 2.73 bits per heavy atom. The van der Waals surface area contributed by atoms with Crippen molar-refractivity contribution in [3.8, 4) is 11.5 Å². The van der Waals surface area contributed by atoms with Gasteiger partial charge in [-0.1, -0.05) is 35.9 Å². The van der Waals surface area contributed by atoms with Crippen LogP contribution in [0.25, 0.3) is 11.5 Å². The first-order chi connectivity index (χ1) is 10.7. The van der Waals surface area contributed by atoms with Gasteiger partial charge in [0.2, 0.25) is 11.8 Å². The van der Waals surface area contributed by atoms with Crippen molar-refractivity contribution in [2.45, 2.75) is 20.0 Å². The standard InChI is InChI=1S/C17H16FN3O/c1-12-5-4-7-13(9-12)17-21-20-16(22-17)11-19-10-14-6-2-3-8-15(14)18/h2-9,19H,10-11H2,1H3. The van der Waals surface area contributed by atoms with Gasteiger partial charge in [-0.25, -0.2) is 4.39 Å². The van der Waals surface area contributed by atoms with E-state index in [4.69, 9.17) is 4.42 Å². The summed E-state index contributed by atoms with van der Waals surface area (Å²) in [7, 11) is 0. The number of hydrogen-bond acceptors (Lipinski definition) is 4. The number of nitrogens with zero attached hydrogens (tertiary/aromatic N) is 2. The summed E-state index contributed by atoms with van der Waals surface area (Å²) in [6.45, 7) is 2.82. The molecule has 1 aromatic heterocycles. The number of aromatic nitrogens is 2. The maximum absolute atomic E-state index is 13.5. The zero-order valence-corrected chi connectivity index (χ0v) is 12.2. The molecule has 3 rings (SSSR count). The summed E-state index contributed by atoms with van der Waals surface area (Å²) >= 11 is 0. The monoisotopic (exact) mass is 297 g/mol. The van der Waals surface area contributed by atoms with Gasteiger partial charge in [-0.2, -0.15) is 0 Å². The van der Waals surface area contributed by atoms with Crippen LogP contribution in [0.1, 0.15) is 17.0 Å². The molecule has 0 fully saturated rings. The topological polar surface area (TPSA) is 51.0 Å². The molecule has 0 aliphatic heterocycles. The van der Waals surface area contributed by atoms with Crippen LogP contribution in [0.5, 0.6) is 0 Å². The molecule has 0 aliphatic rings. The van der Waals surface area contributed by atoms with E-state index in [0.29, 0.717) is 30.4 Å². The van der Waals surface area contributed by atoms with Gasteiger partial charge in [0.15, 0.2) is 0 Å². The predicted octanol–water partition coefficient (Wildman–Crippen LogP) is 3.47. The van der Waals surface area contributed by atoms with E-state index < -0.39 is 0 Å². The molecule has 2 aromatic carbocycles. The van der Waals surface area contributed by atoms with Crippen molar-refractivity contribution in [3.05, 3.63) is 71.4 Å². The highest BCUT2D eigenvalue weighted by atomic mass is 19.1. The summed E-state index contributed by atoms with van der Waals surface area (Å²) in [5.41, 5.74) is 2.64. The molecule has 0 saturated heterocycles. The van der Waals surface area contributed by atoms with Crippen molar-refractivity contribution in [2.24, 2.45) is 0 Å². The largest absolute Gasteiger partial charge is 0.419 e. The first-order valence-electron chi connectivity index (χ1n) is 7.06. The molecular formula is C17H16FN3O. The van der Waals surface area contributed by atoms with Crippen molar-refractivity contribution in [1.82, 2.24) is 15.5 Å². The van der Waals surface area contributed by atoms with Crippen molar-refractivity contribution < 1.29 is 8.81 Å². The maximum Gasteiger partial charge on any atom is 0.247 e. The number of nitrogens with one attached hydrogen (secondary N) is 1. The van der Waals surface area contributed by atoms with E-state index in [9.17, 15) is 4.39 Å². The van der Waals surface area contributed by atoms with Gasteiger partial charge in [-0.15, -0.1) is 10.2 Å². The Hall–Kier alpha value is -2.53. The van der Waals surface area contributed by atoms with E-state index in [-0.39, 0.29) is 5.82 Å². The smallest absolute Gasteiger partial charge is 0.247 e. The second kappa shape index (κ2) is 6.49. The summed E-state index contributed by atoms with van der Waals surface area (Å²) in [5.74, 6) is 0.750. The van der Waals surface area contributed by atoms with Gasteiger partial charge in [0.1, 0.15) is 5.82 Å². The summed E-state index contributed by atoms with van der Waals surface area (Å²) in [4.78, 5) is 0. The third-order valence-corrected chi connectivity index (χ3v) is 3.28.